The lowest BCUT2D eigenvalue weighted by Gasteiger charge is -2.30. The number of phenolic OH excluding ortho intramolecular Hbond substituents is 1. The number of hydrogen-bond acceptors (Lipinski definition) is 6. The summed E-state index contributed by atoms with van der Waals surface area (Å²) in [6.45, 7) is 0. The van der Waals surface area contributed by atoms with E-state index in [0.29, 0.717) is 15.6 Å². The van der Waals surface area contributed by atoms with Gasteiger partial charge in [-0.25, -0.2) is 9.38 Å². The van der Waals surface area contributed by atoms with Crippen molar-refractivity contribution in [2.24, 2.45) is 4.99 Å². The first-order valence-electron chi connectivity index (χ1n) is 9.98. The molecule has 0 bridgehead atoms. The Morgan fingerprint density at radius 3 is 2.65 bits per heavy atom. The van der Waals surface area contributed by atoms with Crippen molar-refractivity contribution in [2.45, 2.75) is 38.1 Å². The number of aromatic hydroxyl groups is 1. The molecule has 0 unspecified atom stereocenters. The van der Waals surface area contributed by atoms with Gasteiger partial charge in [-0.3, -0.25) is 19.8 Å². The van der Waals surface area contributed by atoms with Gasteiger partial charge in [-0.2, -0.15) is 0 Å². The van der Waals surface area contributed by atoms with Crippen LogP contribution in [0.25, 0.3) is 6.08 Å². The fraction of sp³-hybridized carbons (Fsp3) is 0.273. The Kier molecular flexibility index (Phi) is 6.03. The van der Waals surface area contributed by atoms with E-state index >= 15 is 0 Å². The van der Waals surface area contributed by atoms with Gasteiger partial charge in [0.15, 0.2) is 10.9 Å². The molecule has 2 aliphatic rings. The lowest BCUT2D eigenvalue weighted by atomic mass is 9.94. The lowest BCUT2D eigenvalue weighted by molar-refractivity contribution is -0.385. The summed E-state index contributed by atoms with van der Waals surface area (Å²) in [5.41, 5.74) is 0.130. The second-order valence-corrected chi connectivity index (χ2v) is 8.44. The molecule has 1 heterocycles. The van der Waals surface area contributed by atoms with Crippen LogP contribution < -0.4 is 0 Å². The highest BCUT2D eigenvalue weighted by molar-refractivity contribution is 8.18. The van der Waals surface area contributed by atoms with Crippen molar-refractivity contribution < 1.29 is 19.2 Å². The van der Waals surface area contributed by atoms with E-state index in [1.807, 2.05) is 0 Å². The molecule has 2 aromatic carbocycles. The number of phenols is 1. The number of thioether (sulfide) groups is 1. The first kappa shape index (κ1) is 21.0. The van der Waals surface area contributed by atoms with Crippen molar-refractivity contribution >= 4 is 40.3 Å². The minimum absolute atomic E-state index is 0.0145. The molecule has 4 rings (SSSR count). The van der Waals surface area contributed by atoms with Crippen LogP contribution >= 0.6 is 11.8 Å². The highest BCUT2D eigenvalue weighted by Crippen LogP contribution is 2.39. The first-order chi connectivity index (χ1) is 14.9. The molecule has 9 heteroatoms. The number of aliphatic imine (C=N–C) groups is 1. The zero-order chi connectivity index (χ0) is 22.0. The predicted molar refractivity (Wildman–Crippen MR) is 118 cm³/mol. The Morgan fingerprint density at radius 2 is 1.94 bits per heavy atom. The van der Waals surface area contributed by atoms with Gasteiger partial charge in [-0.15, -0.1) is 0 Å². The van der Waals surface area contributed by atoms with Crippen molar-refractivity contribution in [1.29, 1.82) is 0 Å². The number of rotatable bonds is 4. The lowest BCUT2D eigenvalue weighted by Crippen LogP contribution is -2.40. The van der Waals surface area contributed by atoms with E-state index in [-0.39, 0.29) is 17.6 Å². The number of amides is 1. The van der Waals surface area contributed by atoms with Gasteiger partial charge >= 0.3 is 5.69 Å². The van der Waals surface area contributed by atoms with Crippen molar-refractivity contribution in [2.75, 3.05) is 0 Å². The molecule has 1 saturated heterocycles. The van der Waals surface area contributed by atoms with Crippen LogP contribution in [-0.2, 0) is 4.79 Å². The van der Waals surface area contributed by atoms with E-state index in [1.54, 1.807) is 29.2 Å². The molecule has 2 fully saturated rings. The molecular formula is C22H20FN3O4S. The average Bonchev–Trinajstić information content (AvgIpc) is 3.06. The van der Waals surface area contributed by atoms with E-state index < -0.39 is 22.2 Å². The third-order valence-corrected chi connectivity index (χ3v) is 6.32. The van der Waals surface area contributed by atoms with E-state index in [2.05, 4.69) is 4.99 Å². The highest BCUT2D eigenvalue weighted by atomic mass is 32.2. The van der Waals surface area contributed by atoms with Gasteiger partial charge in [-0.1, -0.05) is 37.5 Å². The maximum atomic E-state index is 14.2. The van der Waals surface area contributed by atoms with Crippen molar-refractivity contribution in [3.05, 3.63) is 68.9 Å². The molecule has 1 amide bonds. The molecule has 0 atom stereocenters. The molecule has 160 valence electrons. The molecule has 0 spiro atoms. The van der Waals surface area contributed by atoms with Crippen LogP contribution in [0.4, 0.5) is 15.8 Å². The minimum atomic E-state index is -0.680. The molecule has 0 aromatic heterocycles. The Bertz CT molecular complexity index is 1100. The van der Waals surface area contributed by atoms with Crippen LogP contribution in [0.2, 0.25) is 0 Å². The zero-order valence-corrected chi connectivity index (χ0v) is 17.3. The number of hydrogen-bond donors (Lipinski definition) is 1. The van der Waals surface area contributed by atoms with E-state index in [9.17, 15) is 24.4 Å². The van der Waals surface area contributed by atoms with Gasteiger partial charge < -0.3 is 5.11 Å². The largest absolute Gasteiger partial charge is 0.502 e. The quantitative estimate of drug-likeness (QED) is 0.391. The molecule has 7 nitrogen and oxygen atoms in total. The Balaban J connectivity index is 1.73. The maximum absolute atomic E-state index is 14.2. The van der Waals surface area contributed by atoms with Gasteiger partial charge in [0.2, 0.25) is 0 Å². The number of benzene rings is 2. The third-order valence-electron chi connectivity index (χ3n) is 5.34. The number of nitrogens with zero attached hydrogens (tertiary/aromatic N) is 3. The van der Waals surface area contributed by atoms with Crippen molar-refractivity contribution in [3.8, 4) is 5.75 Å². The monoisotopic (exact) mass is 441 g/mol. The molecule has 1 saturated carbocycles. The molecule has 1 N–H and O–H groups in total. The summed E-state index contributed by atoms with van der Waals surface area (Å²) in [4.78, 5) is 30.1. The molecule has 2 aromatic rings. The summed E-state index contributed by atoms with van der Waals surface area (Å²) in [6.07, 6.45) is 6.37. The Labute approximate surface area is 182 Å². The summed E-state index contributed by atoms with van der Waals surface area (Å²) < 4.78 is 14.2. The average molecular weight is 441 g/mol. The van der Waals surface area contributed by atoms with Crippen LogP contribution in [0.1, 0.15) is 37.7 Å². The highest BCUT2D eigenvalue weighted by Gasteiger charge is 2.38. The second-order valence-electron chi connectivity index (χ2n) is 7.43. The number of carbonyl (C=O) groups excluding carboxylic acids is 1. The number of nitro benzene ring substituents is 1. The third kappa shape index (κ3) is 4.46. The van der Waals surface area contributed by atoms with E-state index in [0.717, 1.165) is 43.9 Å². The fourth-order valence-corrected chi connectivity index (χ4v) is 4.85. The maximum Gasteiger partial charge on any atom is 0.311 e. The van der Waals surface area contributed by atoms with Gasteiger partial charge in [0.25, 0.3) is 5.91 Å². The number of amidine groups is 1. The number of halogens is 1. The summed E-state index contributed by atoms with van der Waals surface area (Å²) >= 11 is 1.13. The van der Waals surface area contributed by atoms with Crippen LogP contribution in [0, 0.1) is 15.9 Å². The van der Waals surface area contributed by atoms with Crippen molar-refractivity contribution in [3.63, 3.8) is 0 Å². The van der Waals surface area contributed by atoms with Crippen molar-refractivity contribution in [1.82, 2.24) is 4.90 Å². The Morgan fingerprint density at radius 1 is 1.19 bits per heavy atom. The minimum Gasteiger partial charge on any atom is -0.502 e. The Hall–Kier alpha value is -3.20. The molecule has 1 aliphatic carbocycles. The normalized spacial score (nSPS) is 20.0. The van der Waals surface area contributed by atoms with E-state index in [4.69, 9.17) is 0 Å². The standard InChI is InChI=1S/C22H20FN3O4S/c23-16-8-4-5-9-17(16)24-22-25(15-6-2-1-3-7-15)21(28)20(31-22)13-14-10-11-19(27)18(12-14)26(29)30/h4-5,8-13,15,27H,1-3,6-7H2/b20-13-,24-22?. The topological polar surface area (TPSA) is 96.0 Å². The summed E-state index contributed by atoms with van der Waals surface area (Å²) in [5.74, 6) is -1.16. The number of nitro groups is 1. The molecule has 31 heavy (non-hydrogen) atoms. The van der Waals surface area contributed by atoms with Gasteiger partial charge in [0.05, 0.1) is 9.83 Å². The van der Waals surface area contributed by atoms with Crippen LogP contribution in [0.3, 0.4) is 0 Å². The van der Waals surface area contributed by atoms with Crippen LogP contribution in [0.15, 0.2) is 52.4 Å². The van der Waals surface area contributed by atoms with E-state index in [1.165, 1.54) is 24.3 Å². The van der Waals surface area contributed by atoms with Gasteiger partial charge in [0.1, 0.15) is 11.5 Å². The van der Waals surface area contributed by atoms with Gasteiger partial charge in [0, 0.05) is 12.1 Å². The SMILES string of the molecule is O=C1/C(=C/c2ccc(O)c([N+](=O)[O-])c2)SC(=Nc2ccccc2F)N1C1CCCCC1. The smallest absolute Gasteiger partial charge is 0.311 e. The first-order valence-corrected chi connectivity index (χ1v) is 10.8. The van der Waals surface area contributed by atoms with Gasteiger partial charge in [-0.05, 0) is 54.4 Å². The summed E-state index contributed by atoms with van der Waals surface area (Å²) in [5, 5.41) is 21.2. The fourth-order valence-electron chi connectivity index (χ4n) is 3.80. The molecule has 0 radical (unpaired) electrons. The predicted octanol–water partition coefficient (Wildman–Crippen LogP) is 5.38. The molecule has 1 aliphatic heterocycles. The summed E-state index contributed by atoms with van der Waals surface area (Å²) in [7, 11) is 0. The second kappa shape index (κ2) is 8.89. The zero-order valence-electron chi connectivity index (χ0n) is 16.5. The van der Waals surface area contributed by atoms with Crippen LogP contribution in [-0.4, -0.2) is 32.0 Å². The van der Waals surface area contributed by atoms with Crippen LogP contribution in [0.5, 0.6) is 5.75 Å². The number of para-hydroxylation sites is 1. The molecular weight excluding hydrogens is 421 g/mol. The number of carbonyl (C=O) groups is 1. The summed E-state index contributed by atoms with van der Waals surface area (Å²) in [6, 6.07) is 10.1.